The van der Waals surface area contributed by atoms with E-state index in [1.54, 1.807) is 0 Å². The molecule has 1 saturated heterocycles. The molecule has 3 heteroatoms. The van der Waals surface area contributed by atoms with E-state index in [4.69, 9.17) is 11.6 Å². The molecule has 4 rings (SSSR count). The van der Waals surface area contributed by atoms with E-state index < -0.39 is 0 Å². The van der Waals surface area contributed by atoms with E-state index in [0.717, 1.165) is 36.8 Å². The summed E-state index contributed by atoms with van der Waals surface area (Å²) in [5, 5.41) is 0.808. The highest BCUT2D eigenvalue weighted by Crippen LogP contribution is 2.30. The van der Waals surface area contributed by atoms with Crippen molar-refractivity contribution in [2.75, 3.05) is 26.7 Å². The number of hydrogen-bond acceptors (Lipinski definition) is 2. The van der Waals surface area contributed by atoms with Crippen molar-refractivity contribution < 1.29 is 0 Å². The number of piperazine rings is 1. The van der Waals surface area contributed by atoms with E-state index in [-0.39, 0.29) is 0 Å². The first-order chi connectivity index (χ1) is 13.6. The Bertz CT molecular complexity index is 921. The van der Waals surface area contributed by atoms with E-state index in [0.29, 0.717) is 6.04 Å². The maximum absolute atomic E-state index is 6.40. The van der Waals surface area contributed by atoms with Crippen LogP contribution in [-0.2, 0) is 6.54 Å². The molecule has 144 valence electrons. The van der Waals surface area contributed by atoms with Gasteiger partial charge in [0.25, 0.3) is 0 Å². The van der Waals surface area contributed by atoms with Crippen molar-refractivity contribution in [3.05, 3.63) is 94.5 Å². The molecule has 0 radical (unpaired) electrons. The van der Waals surface area contributed by atoms with Crippen LogP contribution >= 0.6 is 11.6 Å². The Kier molecular flexibility index (Phi) is 5.82. The summed E-state index contributed by atoms with van der Waals surface area (Å²) in [6.45, 7) is 6.34. The zero-order valence-electron chi connectivity index (χ0n) is 16.6. The average Bonchev–Trinajstić information content (AvgIpc) is 2.72. The Morgan fingerprint density at radius 2 is 1.68 bits per heavy atom. The van der Waals surface area contributed by atoms with Crippen molar-refractivity contribution in [2.24, 2.45) is 0 Å². The topological polar surface area (TPSA) is 6.48 Å². The quantitative estimate of drug-likeness (QED) is 0.555. The SMILES string of the molecule is Cc1ccc(Cl)c(-c2ccc(CN3CCN(C)C(c4ccccc4)C3)cc2)c1. The summed E-state index contributed by atoms with van der Waals surface area (Å²) in [5.41, 5.74) is 6.27. The smallest absolute Gasteiger partial charge is 0.0484 e. The first kappa shape index (κ1) is 19.2. The van der Waals surface area contributed by atoms with Gasteiger partial charge in [-0.2, -0.15) is 0 Å². The summed E-state index contributed by atoms with van der Waals surface area (Å²) in [6, 6.07) is 26.4. The Hall–Kier alpha value is -2.13. The Labute approximate surface area is 173 Å². The van der Waals surface area contributed by atoms with Crippen LogP contribution in [0.4, 0.5) is 0 Å². The molecule has 3 aromatic rings. The first-order valence-corrected chi connectivity index (χ1v) is 10.3. The van der Waals surface area contributed by atoms with E-state index in [9.17, 15) is 0 Å². The number of nitrogens with zero attached hydrogens (tertiary/aromatic N) is 2. The zero-order chi connectivity index (χ0) is 19.5. The second-order valence-corrected chi connectivity index (χ2v) is 8.23. The molecule has 1 aliphatic heterocycles. The Balaban J connectivity index is 1.46. The number of halogens is 1. The monoisotopic (exact) mass is 390 g/mol. The summed E-state index contributed by atoms with van der Waals surface area (Å²) in [4.78, 5) is 5.03. The third-order valence-electron chi connectivity index (χ3n) is 5.71. The van der Waals surface area contributed by atoms with Crippen LogP contribution in [0.15, 0.2) is 72.8 Å². The van der Waals surface area contributed by atoms with Crippen LogP contribution < -0.4 is 0 Å². The number of hydrogen-bond donors (Lipinski definition) is 0. The zero-order valence-corrected chi connectivity index (χ0v) is 17.4. The van der Waals surface area contributed by atoms with Crippen LogP contribution in [0.25, 0.3) is 11.1 Å². The minimum atomic E-state index is 0.459. The van der Waals surface area contributed by atoms with Gasteiger partial charge in [-0.15, -0.1) is 0 Å². The molecule has 0 amide bonds. The average molecular weight is 391 g/mol. The molecular weight excluding hydrogens is 364 g/mol. The molecule has 0 N–H and O–H groups in total. The molecule has 28 heavy (non-hydrogen) atoms. The van der Waals surface area contributed by atoms with Crippen LogP contribution in [0.3, 0.4) is 0 Å². The van der Waals surface area contributed by atoms with Gasteiger partial charge in [0.15, 0.2) is 0 Å². The van der Waals surface area contributed by atoms with Gasteiger partial charge in [0.2, 0.25) is 0 Å². The van der Waals surface area contributed by atoms with Gasteiger partial charge in [-0.1, -0.05) is 77.8 Å². The van der Waals surface area contributed by atoms with Crippen molar-refractivity contribution in [1.82, 2.24) is 9.80 Å². The normalized spacial score (nSPS) is 18.3. The van der Waals surface area contributed by atoms with Crippen LogP contribution in [0.1, 0.15) is 22.7 Å². The third-order valence-corrected chi connectivity index (χ3v) is 6.04. The molecule has 3 aromatic carbocycles. The second-order valence-electron chi connectivity index (χ2n) is 7.82. The van der Waals surface area contributed by atoms with Crippen LogP contribution in [0.5, 0.6) is 0 Å². The van der Waals surface area contributed by atoms with Crippen LogP contribution in [0, 0.1) is 6.92 Å². The van der Waals surface area contributed by atoms with Crippen molar-refractivity contribution in [3.8, 4) is 11.1 Å². The predicted octanol–water partition coefficient (Wildman–Crippen LogP) is 5.80. The molecule has 0 spiro atoms. The molecule has 0 aromatic heterocycles. The lowest BCUT2D eigenvalue weighted by Gasteiger charge is -2.39. The van der Waals surface area contributed by atoms with E-state index in [2.05, 4.69) is 90.5 Å². The third kappa shape index (κ3) is 4.30. The molecule has 2 nitrogen and oxygen atoms in total. The Morgan fingerprint density at radius 1 is 0.929 bits per heavy atom. The summed E-state index contributed by atoms with van der Waals surface area (Å²) in [5.74, 6) is 0. The molecule has 1 heterocycles. The highest BCUT2D eigenvalue weighted by Gasteiger charge is 2.25. The number of rotatable bonds is 4. The van der Waals surface area contributed by atoms with Crippen molar-refractivity contribution >= 4 is 11.6 Å². The van der Waals surface area contributed by atoms with Crippen molar-refractivity contribution in [2.45, 2.75) is 19.5 Å². The molecule has 1 aliphatic rings. The number of aryl methyl sites for hydroxylation is 1. The van der Waals surface area contributed by atoms with Gasteiger partial charge in [-0.25, -0.2) is 0 Å². The lowest BCUT2D eigenvalue weighted by Crippen LogP contribution is -2.46. The molecule has 1 atom stereocenters. The van der Waals surface area contributed by atoms with Gasteiger partial charge in [0.1, 0.15) is 0 Å². The number of likely N-dealkylation sites (N-methyl/N-ethyl adjacent to an activating group) is 1. The fourth-order valence-electron chi connectivity index (χ4n) is 4.02. The van der Waals surface area contributed by atoms with E-state index in [1.807, 2.05) is 6.07 Å². The first-order valence-electron chi connectivity index (χ1n) is 9.93. The van der Waals surface area contributed by atoms with Gasteiger partial charge in [0, 0.05) is 42.8 Å². The largest absolute Gasteiger partial charge is 0.297 e. The summed E-state index contributed by atoms with van der Waals surface area (Å²) in [7, 11) is 2.23. The molecule has 0 aliphatic carbocycles. The fraction of sp³-hybridized carbons (Fsp3) is 0.280. The maximum Gasteiger partial charge on any atom is 0.0484 e. The molecular formula is C25H27ClN2. The standard InChI is InChI=1S/C25H27ClN2/c1-19-8-13-24(26)23(16-19)21-11-9-20(10-12-21)17-28-15-14-27(2)25(18-28)22-6-4-3-5-7-22/h3-13,16,25H,14-15,17-18H2,1-2H3. The summed E-state index contributed by atoms with van der Waals surface area (Å²) >= 11 is 6.40. The van der Waals surface area contributed by atoms with Gasteiger partial charge >= 0.3 is 0 Å². The highest BCUT2D eigenvalue weighted by atomic mass is 35.5. The predicted molar refractivity (Wildman–Crippen MR) is 119 cm³/mol. The minimum absolute atomic E-state index is 0.459. The Morgan fingerprint density at radius 3 is 2.43 bits per heavy atom. The lowest BCUT2D eigenvalue weighted by molar-refractivity contribution is 0.0905. The molecule has 0 bridgehead atoms. The van der Waals surface area contributed by atoms with Crippen molar-refractivity contribution in [1.29, 1.82) is 0 Å². The van der Waals surface area contributed by atoms with Gasteiger partial charge < -0.3 is 0 Å². The van der Waals surface area contributed by atoms with Crippen molar-refractivity contribution in [3.63, 3.8) is 0 Å². The highest BCUT2D eigenvalue weighted by molar-refractivity contribution is 6.33. The summed E-state index contributed by atoms with van der Waals surface area (Å²) in [6.07, 6.45) is 0. The van der Waals surface area contributed by atoms with E-state index >= 15 is 0 Å². The molecule has 1 fully saturated rings. The molecule has 0 saturated carbocycles. The van der Waals surface area contributed by atoms with Gasteiger partial charge in [0.05, 0.1) is 0 Å². The van der Waals surface area contributed by atoms with Gasteiger partial charge in [-0.05, 0) is 42.8 Å². The lowest BCUT2D eigenvalue weighted by atomic mass is 10.0. The summed E-state index contributed by atoms with van der Waals surface area (Å²) < 4.78 is 0. The van der Waals surface area contributed by atoms with Crippen LogP contribution in [-0.4, -0.2) is 36.5 Å². The minimum Gasteiger partial charge on any atom is -0.297 e. The second kappa shape index (κ2) is 8.48. The number of benzene rings is 3. The maximum atomic E-state index is 6.40. The molecule has 1 unspecified atom stereocenters. The van der Waals surface area contributed by atoms with E-state index in [1.165, 1.54) is 22.3 Å². The van der Waals surface area contributed by atoms with Crippen LogP contribution in [0.2, 0.25) is 5.02 Å². The van der Waals surface area contributed by atoms with Gasteiger partial charge in [-0.3, -0.25) is 9.80 Å². The fourth-order valence-corrected chi connectivity index (χ4v) is 4.24.